The molecule has 25 heavy (non-hydrogen) atoms. The van der Waals surface area contributed by atoms with Crippen LogP contribution in [-0.2, 0) is 9.53 Å². The zero-order valence-electron chi connectivity index (χ0n) is 14.6. The average molecular weight is 358 g/mol. The van der Waals surface area contributed by atoms with Gasteiger partial charge in [0, 0.05) is 24.1 Å². The van der Waals surface area contributed by atoms with E-state index in [1.807, 2.05) is 25.1 Å². The summed E-state index contributed by atoms with van der Waals surface area (Å²) in [5, 5.41) is 4.00. The Labute approximate surface area is 152 Å². The summed E-state index contributed by atoms with van der Waals surface area (Å²) in [7, 11) is 1.40. The predicted molar refractivity (Wildman–Crippen MR) is 99.1 cm³/mol. The van der Waals surface area contributed by atoms with Crippen molar-refractivity contribution in [2.45, 2.75) is 32.4 Å². The molecule has 0 radical (unpaired) electrons. The first kappa shape index (κ1) is 17.4. The monoisotopic (exact) mass is 358 g/mol. The van der Waals surface area contributed by atoms with Crippen LogP contribution in [0.5, 0.6) is 0 Å². The van der Waals surface area contributed by atoms with E-state index in [0.717, 1.165) is 22.6 Å². The van der Waals surface area contributed by atoms with Gasteiger partial charge in [-0.05, 0) is 49.8 Å². The van der Waals surface area contributed by atoms with Crippen LogP contribution in [-0.4, -0.2) is 39.6 Å². The summed E-state index contributed by atoms with van der Waals surface area (Å²) in [5.74, 6) is -0.246. The van der Waals surface area contributed by atoms with Crippen molar-refractivity contribution in [3.05, 3.63) is 53.1 Å². The molecule has 1 aliphatic rings. The topological polar surface area (TPSA) is 70.2 Å². The van der Waals surface area contributed by atoms with Gasteiger partial charge in [-0.1, -0.05) is 6.07 Å². The molecule has 0 saturated carbocycles. The Kier molecular flexibility index (Phi) is 5.03. The minimum atomic E-state index is -0.246. The molecule has 2 atom stereocenters. The van der Waals surface area contributed by atoms with Crippen molar-refractivity contribution in [1.29, 1.82) is 0 Å². The Bertz CT molecular complexity index is 775. The predicted octanol–water partition coefficient (Wildman–Crippen LogP) is 2.56. The van der Waals surface area contributed by atoms with Gasteiger partial charge in [0.2, 0.25) is 0 Å². The third-order valence-corrected chi connectivity index (χ3v) is 4.84. The van der Waals surface area contributed by atoms with Crippen molar-refractivity contribution in [1.82, 2.24) is 20.2 Å². The summed E-state index contributed by atoms with van der Waals surface area (Å²) in [6.45, 7) is 4.58. The zero-order valence-corrected chi connectivity index (χ0v) is 15.4. The van der Waals surface area contributed by atoms with Crippen molar-refractivity contribution in [3.8, 4) is 0 Å². The van der Waals surface area contributed by atoms with Gasteiger partial charge in [0.1, 0.15) is 0 Å². The quantitative estimate of drug-likeness (QED) is 0.632. The number of thiocarbonyl (C=S) groups is 1. The fourth-order valence-electron chi connectivity index (χ4n) is 3.35. The van der Waals surface area contributed by atoms with E-state index in [0.29, 0.717) is 11.7 Å². The van der Waals surface area contributed by atoms with Crippen molar-refractivity contribution in [2.75, 3.05) is 13.7 Å². The van der Waals surface area contributed by atoms with Crippen molar-refractivity contribution >= 4 is 23.3 Å². The summed E-state index contributed by atoms with van der Waals surface area (Å²) < 4.78 is 4.78. The van der Waals surface area contributed by atoms with Crippen LogP contribution < -0.4 is 5.32 Å². The van der Waals surface area contributed by atoms with Gasteiger partial charge in [0.05, 0.1) is 31.3 Å². The van der Waals surface area contributed by atoms with Crippen LogP contribution in [0.25, 0.3) is 0 Å². The van der Waals surface area contributed by atoms with Gasteiger partial charge in [-0.3, -0.25) is 9.78 Å². The van der Waals surface area contributed by atoms with Crippen LogP contribution in [0.3, 0.4) is 0 Å². The van der Waals surface area contributed by atoms with Gasteiger partial charge >= 0.3 is 5.97 Å². The normalized spacial score (nSPS) is 19.8. The lowest BCUT2D eigenvalue weighted by Gasteiger charge is -2.27. The van der Waals surface area contributed by atoms with Crippen LogP contribution in [0.15, 0.2) is 30.5 Å². The van der Waals surface area contributed by atoms with Crippen LogP contribution in [0, 0.1) is 13.8 Å². The molecule has 3 heterocycles. The molecule has 0 aromatic carbocycles. The number of aryl methyl sites for hydroxylation is 2. The van der Waals surface area contributed by atoms with Crippen molar-refractivity contribution in [2.24, 2.45) is 0 Å². The van der Waals surface area contributed by atoms with E-state index >= 15 is 0 Å². The van der Waals surface area contributed by atoms with Gasteiger partial charge in [-0.2, -0.15) is 0 Å². The highest BCUT2D eigenvalue weighted by atomic mass is 32.1. The molecule has 0 aliphatic carbocycles. The highest BCUT2D eigenvalue weighted by Crippen LogP contribution is 2.40. The minimum Gasteiger partial charge on any atom is -0.469 e. The number of nitrogens with one attached hydrogen (secondary N) is 2. The number of nitrogens with zero attached hydrogens (tertiary/aromatic N) is 2. The third kappa shape index (κ3) is 3.51. The first-order chi connectivity index (χ1) is 12.0. The molecular formula is C18H22N4O2S. The Balaban J connectivity index is 1.97. The molecule has 3 rings (SSSR count). The molecule has 2 aromatic rings. The van der Waals surface area contributed by atoms with Crippen LogP contribution in [0.2, 0.25) is 0 Å². The molecule has 1 saturated heterocycles. The molecule has 0 bridgehead atoms. The number of carbonyl (C=O) groups excluding carboxylic acids is 1. The van der Waals surface area contributed by atoms with E-state index in [1.54, 1.807) is 6.20 Å². The molecule has 2 aromatic heterocycles. The molecule has 0 spiro atoms. The number of aromatic amines is 1. The van der Waals surface area contributed by atoms with Gasteiger partial charge < -0.3 is 19.9 Å². The maximum atomic E-state index is 11.6. The minimum absolute atomic E-state index is 0.0305. The molecular weight excluding hydrogens is 336 g/mol. The number of hydrogen-bond donors (Lipinski definition) is 2. The standard InChI is InChI=1S/C18H22N4O2S/c1-11-10-13(12(2)20-11)17-16(14-6-4-5-8-19-14)21-18(25)22(17)9-7-15(23)24-3/h4-6,8,10,16-17,20H,7,9H2,1-3H3,(H,21,25)/t16-,17-/m0/s1. The number of esters is 1. The summed E-state index contributed by atoms with van der Waals surface area (Å²) in [4.78, 5) is 21.5. The first-order valence-electron chi connectivity index (χ1n) is 8.22. The lowest BCUT2D eigenvalue weighted by molar-refractivity contribution is -0.140. The summed E-state index contributed by atoms with van der Waals surface area (Å²) in [6, 6.07) is 7.89. The van der Waals surface area contributed by atoms with Gasteiger partial charge in [-0.15, -0.1) is 0 Å². The highest BCUT2D eigenvalue weighted by Gasteiger charge is 2.40. The van der Waals surface area contributed by atoms with Crippen LogP contribution in [0.1, 0.15) is 41.1 Å². The fourth-order valence-corrected chi connectivity index (χ4v) is 3.68. The molecule has 1 fully saturated rings. The largest absolute Gasteiger partial charge is 0.469 e. The molecule has 2 N–H and O–H groups in total. The number of rotatable bonds is 5. The molecule has 0 unspecified atom stereocenters. The van der Waals surface area contributed by atoms with E-state index in [4.69, 9.17) is 17.0 Å². The lowest BCUT2D eigenvalue weighted by Crippen LogP contribution is -2.32. The Hall–Kier alpha value is -2.41. The third-order valence-electron chi connectivity index (χ3n) is 4.49. The Morgan fingerprint density at radius 1 is 1.40 bits per heavy atom. The second-order valence-electron chi connectivity index (χ2n) is 6.18. The van der Waals surface area contributed by atoms with Gasteiger partial charge in [-0.25, -0.2) is 0 Å². The van der Waals surface area contributed by atoms with E-state index < -0.39 is 0 Å². The maximum absolute atomic E-state index is 11.6. The number of pyridine rings is 1. The summed E-state index contributed by atoms with van der Waals surface area (Å²) in [5.41, 5.74) is 4.27. The van der Waals surface area contributed by atoms with Crippen molar-refractivity contribution < 1.29 is 9.53 Å². The highest BCUT2D eigenvalue weighted by molar-refractivity contribution is 7.80. The molecule has 0 amide bonds. The first-order valence-corrected chi connectivity index (χ1v) is 8.63. The smallest absolute Gasteiger partial charge is 0.307 e. The lowest BCUT2D eigenvalue weighted by atomic mass is 9.96. The number of H-pyrrole nitrogens is 1. The molecule has 1 aliphatic heterocycles. The Morgan fingerprint density at radius 2 is 2.20 bits per heavy atom. The zero-order chi connectivity index (χ0) is 18.0. The number of hydrogen-bond acceptors (Lipinski definition) is 4. The molecule has 6 nitrogen and oxygen atoms in total. The number of methoxy groups -OCH3 is 1. The number of aromatic nitrogens is 2. The van der Waals surface area contributed by atoms with Gasteiger partial charge in [0.25, 0.3) is 0 Å². The molecule has 132 valence electrons. The van der Waals surface area contributed by atoms with Crippen LogP contribution >= 0.6 is 12.2 Å². The summed E-state index contributed by atoms with van der Waals surface area (Å²) >= 11 is 5.56. The van der Waals surface area contributed by atoms with Crippen molar-refractivity contribution in [3.63, 3.8) is 0 Å². The van der Waals surface area contributed by atoms with E-state index in [1.165, 1.54) is 7.11 Å². The van der Waals surface area contributed by atoms with E-state index in [-0.39, 0.29) is 24.5 Å². The fraction of sp³-hybridized carbons (Fsp3) is 0.389. The number of ether oxygens (including phenoxy) is 1. The summed E-state index contributed by atoms with van der Waals surface area (Å²) in [6.07, 6.45) is 2.07. The maximum Gasteiger partial charge on any atom is 0.307 e. The van der Waals surface area contributed by atoms with E-state index in [9.17, 15) is 4.79 Å². The second-order valence-corrected chi connectivity index (χ2v) is 6.57. The SMILES string of the molecule is COC(=O)CCN1C(=S)N[C@@H](c2ccccn2)[C@@H]1c1cc(C)[nH]c1C. The van der Waals surface area contributed by atoms with E-state index in [2.05, 4.69) is 33.2 Å². The Morgan fingerprint density at radius 3 is 2.80 bits per heavy atom. The van der Waals surface area contributed by atoms with Gasteiger partial charge in [0.15, 0.2) is 5.11 Å². The average Bonchev–Trinajstić information content (AvgIpc) is 3.11. The number of carbonyl (C=O) groups is 1. The molecule has 7 heteroatoms. The second kappa shape index (κ2) is 7.23. The van der Waals surface area contributed by atoms with Crippen LogP contribution in [0.4, 0.5) is 0 Å².